The number of nitrogens with one attached hydrogen (secondary N) is 1. The van der Waals surface area contributed by atoms with Crippen molar-refractivity contribution in [3.63, 3.8) is 0 Å². The van der Waals surface area contributed by atoms with E-state index in [9.17, 15) is 19.8 Å². The van der Waals surface area contributed by atoms with Crippen molar-refractivity contribution in [2.45, 2.75) is 88.5 Å². The number of hydrogen-bond acceptors (Lipinski definition) is 6. The summed E-state index contributed by atoms with van der Waals surface area (Å²) in [5.41, 5.74) is -1.55. The molecule has 3 N–H and O–H groups in total. The molecule has 0 unspecified atom stereocenters. The van der Waals surface area contributed by atoms with Crippen LogP contribution in [0.1, 0.15) is 82.0 Å². The predicted molar refractivity (Wildman–Crippen MR) is 156 cm³/mol. The number of nitrogens with zero attached hydrogens (tertiary/aromatic N) is 1. The third-order valence-corrected chi connectivity index (χ3v) is 8.41. The molecular weight excluding hydrogens is 562 g/mol. The van der Waals surface area contributed by atoms with Gasteiger partial charge >= 0.3 is 12.0 Å². The SMILES string of the molecule is CCOc1cc([C@@H](C)N(CCCC(F)(F)c2ccccc2)C(=O)NC2(C(=O)O)CC(OC)C2)cc(OCC)c1C1(O)CC1. The molecule has 2 aliphatic carbocycles. The number of methoxy groups -OCH3 is 1. The number of aliphatic carboxylic acids is 1. The number of carboxylic acids is 1. The zero-order chi connectivity index (χ0) is 31.4. The maximum Gasteiger partial charge on any atom is 0.329 e. The molecule has 0 aliphatic heterocycles. The van der Waals surface area contributed by atoms with Gasteiger partial charge in [-0.05, 0) is 57.7 Å². The Balaban J connectivity index is 1.64. The standard InChI is InChI=1S/C32H42F2N2O7/c1-5-42-25-17-22(18-26(43-6-2)27(25)31(40)14-15-31)21(3)36(16-10-13-32(33,34)23-11-8-7-9-12-23)29(39)35-30(28(37)38)19-24(20-30)41-4/h7-9,11-12,17-18,21,24,40H,5-6,10,13-16,19-20H2,1-4H3,(H,35,39)(H,37,38)/t21-,24?,30?/m1/s1. The van der Waals surface area contributed by atoms with E-state index in [0.29, 0.717) is 48.7 Å². The molecular formula is C32H42F2N2O7. The van der Waals surface area contributed by atoms with Crippen LogP contribution in [-0.4, -0.2) is 65.6 Å². The van der Waals surface area contributed by atoms with Gasteiger partial charge in [-0.2, -0.15) is 0 Å². The summed E-state index contributed by atoms with van der Waals surface area (Å²) in [4.78, 5) is 27.3. The summed E-state index contributed by atoms with van der Waals surface area (Å²) in [7, 11) is 1.48. The number of rotatable bonds is 15. The first-order valence-electron chi connectivity index (χ1n) is 14.8. The first-order chi connectivity index (χ1) is 20.4. The molecule has 11 heteroatoms. The molecule has 4 rings (SSSR count). The summed E-state index contributed by atoms with van der Waals surface area (Å²) in [6.07, 6.45) is 0.441. The first kappa shape index (κ1) is 32.5. The van der Waals surface area contributed by atoms with Gasteiger partial charge in [-0.3, -0.25) is 0 Å². The summed E-state index contributed by atoms with van der Waals surface area (Å²) in [5.74, 6) is -3.44. The fourth-order valence-corrected chi connectivity index (χ4v) is 5.66. The summed E-state index contributed by atoms with van der Waals surface area (Å²) < 4.78 is 47.1. The van der Waals surface area contributed by atoms with Crippen LogP contribution in [0.15, 0.2) is 42.5 Å². The van der Waals surface area contributed by atoms with E-state index in [-0.39, 0.29) is 37.5 Å². The van der Waals surface area contributed by atoms with Gasteiger partial charge in [0.2, 0.25) is 0 Å². The van der Waals surface area contributed by atoms with Gasteiger partial charge in [0.1, 0.15) is 17.0 Å². The number of carbonyl (C=O) groups is 2. The maximum atomic E-state index is 15.0. The van der Waals surface area contributed by atoms with E-state index in [1.807, 2.05) is 13.8 Å². The molecule has 0 aromatic heterocycles. The van der Waals surface area contributed by atoms with Gasteiger partial charge in [-0.25, -0.2) is 18.4 Å². The fourth-order valence-electron chi connectivity index (χ4n) is 5.66. The zero-order valence-corrected chi connectivity index (χ0v) is 25.2. The molecule has 2 saturated carbocycles. The van der Waals surface area contributed by atoms with Crippen molar-refractivity contribution in [2.75, 3.05) is 26.9 Å². The highest BCUT2D eigenvalue weighted by molar-refractivity contribution is 5.87. The molecule has 0 bridgehead atoms. The summed E-state index contributed by atoms with van der Waals surface area (Å²) >= 11 is 0. The average molecular weight is 605 g/mol. The molecule has 1 atom stereocenters. The highest BCUT2D eigenvalue weighted by atomic mass is 19.3. The van der Waals surface area contributed by atoms with Crippen LogP contribution in [0.5, 0.6) is 11.5 Å². The fraction of sp³-hybridized carbons (Fsp3) is 0.562. The normalized spacial score (nSPS) is 21.3. The Kier molecular flexibility index (Phi) is 9.86. The van der Waals surface area contributed by atoms with Gasteiger partial charge in [0.25, 0.3) is 5.92 Å². The lowest BCUT2D eigenvalue weighted by molar-refractivity contribution is -0.155. The predicted octanol–water partition coefficient (Wildman–Crippen LogP) is 5.74. The van der Waals surface area contributed by atoms with Crippen molar-refractivity contribution in [1.82, 2.24) is 10.2 Å². The van der Waals surface area contributed by atoms with E-state index in [2.05, 4.69) is 5.32 Å². The Morgan fingerprint density at radius 3 is 2.16 bits per heavy atom. The van der Waals surface area contributed by atoms with Crippen molar-refractivity contribution >= 4 is 12.0 Å². The molecule has 0 saturated heterocycles. The van der Waals surface area contributed by atoms with Crippen molar-refractivity contribution in [1.29, 1.82) is 0 Å². The highest BCUT2D eigenvalue weighted by Gasteiger charge is 2.53. The first-order valence-corrected chi connectivity index (χ1v) is 14.8. The minimum atomic E-state index is -3.11. The molecule has 236 valence electrons. The third-order valence-electron chi connectivity index (χ3n) is 8.41. The van der Waals surface area contributed by atoms with E-state index in [1.54, 1.807) is 37.3 Å². The topological polar surface area (TPSA) is 118 Å². The zero-order valence-electron chi connectivity index (χ0n) is 25.2. The molecule has 0 spiro atoms. The van der Waals surface area contributed by atoms with Gasteiger partial charge in [0, 0.05) is 38.5 Å². The Morgan fingerprint density at radius 1 is 1.09 bits per heavy atom. The number of urea groups is 1. The third kappa shape index (κ3) is 7.04. The number of halogens is 2. The number of ether oxygens (including phenoxy) is 3. The van der Waals surface area contributed by atoms with Crippen LogP contribution in [0.3, 0.4) is 0 Å². The number of amides is 2. The van der Waals surface area contributed by atoms with E-state index >= 15 is 8.78 Å². The van der Waals surface area contributed by atoms with Crippen molar-refractivity contribution in [3.05, 3.63) is 59.2 Å². The van der Waals surface area contributed by atoms with Crippen LogP contribution in [0.25, 0.3) is 0 Å². The van der Waals surface area contributed by atoms with Gasteiger partial charge < -0.3 is 34.6 Å². The number of aliphatic hydroxyl groups is 1. The lowest BCUT2D eigenvalue weighted by Gasteiger charge is -2.45. The van der Waals surface area contributed by atoms with Gasteiger partial charge in [-0.15, -0.1) is 0 Å². The van der Waals surface area contributed by atoms with E-state index in [0.717, 1.165) is 0 Å². The number of alkyl halides is 2. The lowest BCUT2D eigenvalue weighted by atomic mass is 9.74. The average Bonchev–Trinajstić information content (AvgIpc) is 3.70. The Hall–Kier alpha value is -3.44. The molecule has 43 heavy (non-hydrogen) atoms. The highest BCUT2D eigenvalue weighted by Crippen LogP contribution is 2.53. The lowest BCUT2D eigenvalue weighted by Crippen LogP contribution is -2.66. The van der Waals surface area contributed by atoms with Crippen LogP contribution in [0, 0.1) is 0 Å². The largest absolute Gasteiger partial charge is 0.493 e. The summed E-state index contributed by atoms with van der Waals surface area (Å²) in [5, 5.41) is 23.6. The van der Waals surface area contributed by atoms with Crippen LogP contribution < -0.4 is 14.8 Å². The van der Waals surface area contributed by atoms with Crippen LogP contribution in [0.4, 0.5) is 13.6 Å². The van der Waals surface area contributed by atoms with E-state index < -0.39 is 41.5 Å². The molecule has 2 aromatic rings. The van der Waals surface area contributed by atoms with Crippen LogP contribution in [-0.2, 0) is 21.1 Å². The second-order valence-electron chi connectivity index (χ2n) is 11.4. The van der Waals surface area contributed by atoms with Crippen LogP contribution in [0.2, 0.25) is 0 Å². The van der Waals surface area contributed by atoms with Crippen molar-refractivity contribution in [3.8, 4) is 11.5 Å². The van der Waals surface area contributed by atoms with Crippen LogP contribution >= 0.6 is 0 Å². The summed E-state index contributed by atoms with van der Waals surface area (Å²) in [6.45, 7) is 5.97. The number of carboxylic acid groups (broad SMARTS) is 1. The molecule has 2 amide bonds. The molecule has 2 aliphatic rings. The second-order valence-corrected chi connectivity index (χ2v) is 11.4. The molecule has 2 aromatic carbocycles. The summed E-state index contributed by atoms with van der Waals surface area (Å²) in [6, 6.07) is 9.60. The van der Waals surface area contributed by atoms with Gasteiger partial charge in [0.15, 0.2) is 0 Å². The Morgan fingerprint density at radius 2 is 1.67 bits per heavy atom. The van der Waals surface area contributed by atoms with Crippen molar-refractivity contribution in [2.24, 2.45) is 0 Å². The minimum absolute atomic E-state index is 0.0467. The van der Waals surface area contributed by atoms with E-state index in [1.165, 1.54) is 24.1 Å². The second kappa shape index (κ2) is 13.1. The monoisotopic (exact) mass is 604 g/mol. The van der Waals surface area contributed by atoms with Gasteiger partial charge in [0.05, 0.1) is 36.5 Å². The molecule has 9 nitrogen and oxygen atoms in total. The Labute approximate surface area is 251 Å². The molecule has 0 radical (unpaired) electrons. The van der Waals surface area contributed by atoms with Gasteiger partial charge in [-0.1, -0.05) is 30.3 Å². The Bertz CT molecular complexity index is 1250. The van der Waals surface area contributed by atoms with E-state index in [4.69, 9.17) is 14.2 Å². The number of carbonyl (C=O) groups excluding carboxylic acids is 1. The quantitative estimate of drug-likeness (QED) is 0.237. The maximum absolute atomic E-state index is 15.0. The molecule has 0 heterocycles. The van der Waals surface area contributed by atoms with Crippen molar-refractivity contribution < 1.29 is 42.8 Å². The minimum Gasteiger partial charge on any atom is -0.493 e. The number of benzene rings is 2. The molecule has 2 fully saturated rings. The number of hydrogen-bond donors (Lipinski definition) is 3. The smallest absolute Gasteiger partial charge is 0.329 e.